The fraction of sp³-hybridized carbons (Fsp3) is 0.200. The van der Waals surface area contributed by atoms with Crippen LogP contribution in [-0.2, 0) is 16.1 Å². The molecule has 0 aliphatic carbocycles. The standard InChI is InChI=1S/C5H5ClN2O2/c6-5-4(1-10-3-9)7-2-8-5/h2-3H,1H2,(H,7,8). The summed E-state index contributed by atoms with van der Waals surface area (Å²) in [4.78, 5) is 16.1. The lowest BCUT2D eigenvalue weighted by molar-refractivity contribution is -0.129. The summed E-state index contributed by atoms with van der Waals surface area (Å²) in [5.74, 6) is 0. The van der Waals surface area contributed by atoms with E-state index < -0.39 is 0 Å². The number of halogens is 1. The Morgan fingerprint density at radius 2 is 2.70 bits per heavy atom. The number of ether oxygens (including phenoxy) is 1. The van der Waals surface area contributed by atoms with E-state index in [1.165, 1.54) is 6.33 Å². The molecule has 1 rings (SSSR count). The van der Waals surface area contributed by atoms with Crippen LogP contribution in [0.15, 0.2) is 6.33 Å². The molecule has 0 aliphatic rings. The summed E-state index contributed by atoms with van der Waals surface area (Å²) in [5, 5.41) is 0.335. The molecule has 1 aromatic heterocycles. The van der Waals surface area contributed by atoms with E-state index in [0.29, 0.717) is 17.3 Å². The van der Waals surface area contributed by atoms with Gasteiger partial charge in [0.05, 0.1) is 12.0 Å². The summed E-state index contributed by atoms with van der Waals surface area (Å²) in [6, 6.07) is 0. The quantitative estimate of drug-likeness (QED) is 0.664. The number of H-pyrrole nitrogens is 1. The van der Waals surface area contributed by atoms with Crippen LogP contribution in [0, 0.1) is 0 Å². The molecule has 0 fully saturated rings. The van der Waals surface area contributed by atoms with Gasteiger partial charge in [0.25, 0.3) is 6.47 Å². The molecule has 0 unspecified atom stereocenters. The first kappa shape index (κ1) is 7.08. The maximum Gasteiger partial charge on any atom is 0.293 e. The first-order valence-electron chi connectivity index (χ1n) is 2.57. The van der Waals surface area contributed by atoms with Gasteiger partial charge in [-0.15, -0.1) is 0 Å². The maximum atomic E-state index is 9.71. The first-order chi connectivity index (χ1) is 4.84. The molecule has 0 atom stereocenters. The Morgan fingerprint density at radius 3 is 3.20 bits per heavy atom. The second kappa shape index (κ2) is 3.22. The average molecular weight is 161 g/mol. The summed E-state index contributed by atoms with van der Waals surface area (Å²) in [6.45, 7) is 0.500. The molecule has 5 heteroatoms. The molecule has 0 radical (unpaired) electrons. The molecular formula is C5H5ClN2O2. The van der Waals surface area contributed by atoms with Gasteiger partial charge < -0.3 is 9.72 Å². The summed E-state index contributed by atoms with van der Waals surface area (Å²) in [5.41, 5.74) is 0.605. The molecule has 10 heavy (non-hydrogen) atoms. The molecule has 1 heterocycles. The second-order valence-corrected chi connectivity index (χ2v) is 1.94. The second-order valence-electron chi connectivity index (χ2n) is 1.58. The molecule has 0 saturated carbocycles. The van der Waals surface area contributed by atoms with Crippen molar-refractivity contribution in [3.8, 4) is 0 Å². The van der Waals surface area contributed by atoms with Crippen molar-refractivity contribution < 1.29 is 9.53 Å². The van der Waals surface area contributed by atoms with E-state index in [4.69, 9.17) is 11.6 Å². The minimum absolute atomic E-state index is 0.141. The molecule has 0 aromatic carbocycles. The number of nitrogens with zero attached hydrogens (tertiary/aromatic N) is 1. The van der Waals surface area contributed by atoms with Gasteiger partial charge in [0.1, 0.15) is 6.61 Å². The fourth-order valence-corrected chi connectivity index (χ4v) is 0.681. The molecule has 0 aliphatic heterocycles. The first-order valence-corrected chi connectivity index (χ1v) is 2.95. The lowest BCUT2D eigenvalue weighted by atomic mass is 10.5. The number of hydrogen-bond acceptors (Lipinski definition) is 3. The van der Waals surface area contributed by atoms with Crippen molar-refractivity contribution in [2.45, 2.75) is 6.61 Å². The smallest absolute Gasteiger partial charge is 0.293 e. The zero-order chi connectivity index (χ0) is 7.40. The van der Waals surface area contributed by atoms with Crippen LogP contribution in [0.3, 0.4) is 0 Å². The molecule has 0 spiro atoms. The van der Waals surface area contributed by atoms with E-state index in [2.05, 4.69) is 14.7 Å². The van der Waals surface area contributed by atoms with Crippen LogP contribution in [0.1, 0.15) is 5.69 Å². The molecule has 0 bridgehead atoms. The number of aromatic nitrogens is 2. The van der Waals surface area contributed by atoms with E-state index in [9.17, 15) is 4.79 Å². The van der Waals surface area contributed by atoms with E-state index in [-0.39, 0.29) is 6.61 Å². The Bertz CT molecular complexity index is 223. The molecule has 0 saturated heterocycles. The van der Waals surface area contributed by atoms with Gasteiger partial charge in [-0.05, 0) is 0 Å². The van der Waals surface area contributed by atoms with Crippen LogP contribution >= 0.6 is 11.6 Å². The predicted molar refractivity (Wildman–Crippen MR) is 34.5 cm³/mol. The van der Waals surface area contributed by atoms with Crippen LogP contribution in [0.2, 0.25) is 5.15 Å². The number of carbonyl (C=O) groups excluding carboxylic acids is 1. The molecular weight excluding hydrogens is 156 g/mol. The van der Waals surface area contributed by atoms with Crippen LogP contribution in [0.25, 0.3) is 0 Å². The van der Waals surface area contributed by atoms with Crippen LogP contribution in [0.5, 0.6) is 0 Å². The molecule has 54 valence electrons. The largest absolute Gasteiger partial charge is 0.461 e. The lowest BCUT2D eigenvalue weighted by Crippen LogP contribution is -1.90. The number of rotatable bonds is 3. The predicted octanol–water partition coefficient (Wildman–Crippen LogP) is 0.736. The third-order valence-corrected chi connectivity index (χ3v) is 1.29. The van der Waals surface area contributed by atoms with E-state index in [1.54, 1.807) is 0 Å². The van der Waals surface area contributed by atoms with Gasteiger partial charge >= 0.3 is 0 Å². The van der Waals surface area contributed by atoms with Crippen molar-refractivity contribution in [3.63, 3.8) is 0 Å². The van der Waals surface area contributed by atoms with Crippen LogP contribution < -0.4 is 0 Å². The molecule has 1 N–H and O–H groups in total. The number of aromatic amines is 1. The highest BCUT2D eigenvalue weighted by Gasteiger charge is 2.00. The minimum Gasteiger partial charge on any atom is -0.461 e. The summed E-state index contributed by atoms with van der Waals surface area (Å²) < 4.78 is 4.42. The van der Waals surface area contributed by atoms with Crippen LogP contribution in [-0.4, -0.2) is 16.4 Å². The maximum absolute atomic E-state index is 9.71. The van der Waals surface area contributed by atoms with Gasteiger partial charge in [-0.2, -0.15) is 0 Å². The summed E-state index contributed by atoms with van der Waals surface area (Å²) >= 11 is 5.54. The Hall–Kier alpha value is -1.03. The Balaban J connectivity index is 2.56. The topological polar surface area (TPSA) is 55.0 Å². The third kappa shape index (κ3) is 1.48. The van der Waals surface area contributed by atoms with Crippen molar-refractivity contribution in [1.82, 2.24) is 9.97 Å². The number of hydrogen-bond donors (Lipinski definition) is 1. The summed E-state index contributed by atoms with van der Waals surface area (Å²) in [6.07, 6.45) is 1.44. The van der Waals surface area contributed by atoms with Crippen molar-refractivity contribution in [2.75, 3.05) is 0 Å². The lowest BCUT2D eigenvalue weighted by Gasteiger charge is -1.93. The zero-order valence-corrected chi connectivity index (χ0v) is 5.76. The van der Waals surface area contributed by atoms with Crippen molar-refractivity contribution in [3.05, 3.63) is 17.2 Å². The SMILES string of the molecule is O=COCc1[nH]cnc1Cl. The van der Waals surface area contributed by atoms with Crippen molar-refractivity contribution in [2.24, 2.45) is 0 Å². The van der Waals surface area contributed by atoms with E-state index in [0.717, 1.165) is 0 Å². The molecule has 4 nitrogen and oxygen atoms in total. The highest BCUT2D eigenvalue weighted by molar-refractivity contribution is 6.30. The number of nitrogens with one attached hydrogen (secondary N) is 1. The van der Waals surface area contributed by atoms with Gasteiger partial charge in [-0.1, -0.05) is 11.6 Å². The third-order valence-electron chi connectivity index (χ3n) is 0.961. The normalized spacial score (nSPS) is 9.30. The van der Waals surface area contributed by atoms with Crippen molar-refractivity contribution >= 4 is 18.1 Å². The van der Waals surface area contributed by atoms with Crippen LogP contribution in [0.4, 0.5) is 0 Å². The Labute approximate surface area is 62.2 Å². The van der Waals surface area contributed by atoms with E-state index >= 15 is 0 Å². The number of carbonyl (C=O) groups is 1. The Morgan fingerprint density at radius 1 is 1.90 bits per heavy atom. The Kier molecular flexibility index (Phi) is 2.28. The van der Waals surface area contributed by atoms with Gasteiger partial charge in [0, 0.05) is 0 Å². The number of imidazole rings is 1. The highest BCUT2D eigenvalue weighted by Crippen LogP contribution is 2.09. The minimum atomic E-state index is 0.141. The fourth-order valence-electron chi connectivity index (χ4n) is 0.523. The van der Waals surface area contributed by atoms with E-state index in [1.807, 2.05) is 0 Å². The average Bonchev–Trinajstić information content (AvgIpc) is 2.31. The summed E-state index contributed by atoms with van der Waals surface area (Å²) in [7, 11) is 0. The van der Waals surface area contributed by atoms with Gasteiger partial charge in [0.15, 0.2) is 5.15 Å². The molecule has 0 amide bonds. The van der Waals surface area contributed by atoms with Gasteiger partial charge in [-0.3, -0.25) is 4.79 Å². The van der Waals surface area contributed by atoms with Crippen molar-refractivity contribution in [1.29, 1.82) is 0 Å². The van der Waals surface area contributed by atoms with Gasteiger partial charge in [0.2, 0.25) is 0 Å². The van der Waals surface area contributed by atoms with Gasteiger partial charge in [-0.25, -0.2) is 4.98 Å². The molecule has 1 aromatic rings. The monoisotopic (exact) mass is 160 g/mol. The zero-order valence-electron chi connectivity index (χ0n) is 5.00. The highest BCUT2D eigenvalue weighted by atomic mass is 35.5.